The molecule has 0 radical (unpaired) electrons. The highest BCUT2D eigenvalue weighted by molar-refractivity contribution is 5.30. The third-order valence-electron chi connectivity index (χ3n) is 2.70. The summed E-state index contributed by atoms with van der Waals surface area (Å²) >= 11 is 0. The van der Waals surface area contributed by atoms with Gasteiger partial charge in [-0.3, -0.25) is 0 Å². The molecule has 1 aromatic carbocycles. The van der Waals surface area contributed by atoms with E-state index in [4.69, 9.17) is 0 Å². The normalized spacial score (nSPS) is 13.4. The molecule has 0 aliphatic rings. The highest BCUT2D eigenvalue weighted by atomic mass is 19.4. The number of benzene rings is 1. The second-order valence-electron chi connectivity index (χ2n) is 4.51. The maximum Gasteiger partial charge on any atom is 0.419 e. The van der Waals surface area contributed by atoms with Crippen LogP contribution in [-0.2, 0) is 6.18 Å². The van der Waals surface area contributed by atoms with E-state index in [0.29, 0.717) is 18.5 Å². The Hall–Kier alpha value is -1.36. The average Bonchev–Trinajstić information content (AvgIpc) is 2.27. The molecule has 1 nitrogen and oxygen atoms in total. The summed E-state index contributed by atoms with van der Waals surface area (Å²) in [4.78, 5) is 0. The predicted octanol–water partition coefficient (Wildman–Crippen LogP) is 4.46. The molecule has 0 saturated heterocycles. The van der Waals surface area contributed by atoms with Crippen molar-refractivity contribution in [2.24, 2.45) is 0 Å². The maximum absolute atomic E-state index is 13.2. The van der Waals surface area contributed by atoms with Gasteiger partial charge in [-0.05, 0) is 37.6 Å². The van der Waals surface area contributed by atoms with Gasteiger partial charge >= 0.3 is 6.18 Å². The van der Waals surface area contributed by atoms with Gasteiger partial charge in [-0.1, -0.05) is 18.6 Å². The van der Waals surface area contributed by atoms with Crippen molar-refractivity contribution in [1.29, 1.82) is 0 Å². The molecule has 0 bridgehead atoms. The Morgan fingerprint density at radius 3 is 2.47 bits per heavy atom. The molecule has 1 unspecified atom stereocenters. The molecular weight excluding hydrogens is 258 g/mol. The van der Waals surface area contributed by atoms with Crippen LogP contribution in [0.2, 0.25) is 0 Å². The fourth-order valence-corrected chi connectivity index (χ4v) is 1.88. The van der Waals surface area contributed by atoms with Crippen molar-refractivity contribution in [1.82, 2.24) is 5.32 Å². The average molecular weight is 275 g/mol. The first-order valence-electron chi connectivity index (χ1n) is 6.00. The first-order chi connectivity index (χ1) is 8.75. The van der Waals surface area contributed by atoms with Crippen molar-refractivity contribution in [2.75, 3.05) is 6.54 Å². The Morgan fingerprint density at radius 1 is 1.37 bits per heavy atom. The monoisotopic (exact) mass is 275 g/mol. The van der Waals surface area contributed by atoms with Crippen LogP contribution in [0.15, 0.2) is 30.4 Å². The van der Waals surface area contributed by atoms with Gasteiger partial charge in [-0.25, -0.2) is 4.39 Å². The van der Waals surface area contributed by atoms with Gasteiger partial charge < -0.3 is 5.32 Å². The zero-order valence-corrected chi connectivity index (χ0v) is 10.9. The number of hydrogen-bond acceptors (Lipinski definition) is 1. The lowest BCUT2D eigenvalue weighted by Crippen LogP contribution is -2.22. The lowest BCUT2D eigenvalue weighted by Gasteiger charge is -2.20. The van der Waals surface area contributed by atoms with Crippen molar-refractivity contribution in [2.45, 2.75) is 32.5 Å². The molecule has 19 heavy (non-hydrogen) atoms. The molecule has 0 heterocycles. The largest absolute Gasteiger partial charge is 0.419 e. The minimum Gasteiger partial charge on any atom is -0.310 e. The summed E-state index contributed by atoms with van der Waals surface area (Å²) in [7, 11) is 0. The van der Waals surface area contributed by atoms with Gasteiger partial charge in [-0.2, -0.15) is 13.2 Å². The zero-order chi connectivity index (χ0) is 14.6. The summed E-state index contributed by atoms with van der Waals surface area (Å²) in [6.07, 6.45) is -4.17. The van der Waals surface area contributed by atoms with Crippen LogP contribution in [0, 0.1) is 5.82 Å². The number of rotatable bonds is 5. The third kappa shape index (κ3) is 4.35. The smallest absolute Gasteiger partial charge is 0.310 e. The summed E-state index contributed by atoms with van der Waals surface area (Å²) in [5.41, 5.74) is 0.0389. The van der Waals surface area contributed by atoms with Crippen molar-refractivity contribution in [3.8, 4) is 0 Å². The Bertz CT molecular complexity index is 451. The van der Waals surface area contributed by atoms with Crippen LogP contribution in [-0.4, -0.2) is 6.54 Å². The summed E-state index contributed by atoms with van der Waals surface area (Å²) in [6.45, 7) is 8.03. The summed E-state index contributed by atoms with van der Waals surface area (Å²) in [5.74, 6) is -1.25. The summed E-state index contributed by atoms with van der Waals surface area (Å²) in [5, 5.41) is 3.08. The van der Waals surface area contributed by atoms with Gasteiger partial charge in [0.05, 0.1) is 5.56 Å². The highest BCUT2D eigenvalue weighted by Crippen LogP contribution is 2.33. The standard InChI is InChI=1S/C14H17F4N/c1-4-19-13(7-9(2)3)10-5-6-12(15)11(8-10)14(16,17)18/h5-6,8,13,19H,2,4,7H2,1,3H3. The predicted molar refractivity (Wildman–Crippen MR) is 67.3 cm³/mol. The van der Waals surface area contributed by atoms with E-state index in [0.717, 1.165) is 17.7 Å². The van der Waals surface area contributed by atoms with Crippen molar-refractivity contribution < 1.29 is 17.6 Å². The quantitative estimate of drug-likeness (QED) is 0.618. The highest BCUT2D eigenvalue weighted by Gasteiger charge is 2.34. The molecule has 1 atom stereocenters. The molecule has 1 N–H and O–H groups in total. The van der Waals surface area contributed by atoms with E-state index in [1.54, 1.807) is 6.92 Å². The summed E-state index contributed by atoms with van der Waals surface area (Å²) in [6, 6.07) is 2.82. The molecule has 0 aromatic heterocycles. The molecule has 0 fully saturated rings. The van der Waals surface area contributed by atoms with Crippen molar-refractivity contribution in [3.05, 3.63) is 47.3 Å². The number of alkyl halides is 3. The maximum atomic E-state index is 13.2. The molecule has 0 aliphatic heterocycles. The third-order valence-corrected chi connectivity index (χ3v) is 2.70. The van der Waals surface area contributed by atoms with Crippen LogP contribution in [0.4, 0.5) is 17.6 Å². The van der Waals surface area contributed by atoms with Crippen molar-refractivity contribution >= 4 is 0 Å². The fourth-order valence-electron chi connectivity index (χ4n) is 1.88. The van der Waals surface area contributed by atoms with Gasteiger partial charge in [0.1, 0.15) is 5.82 Å². The molecule has 0 aliphatic carbocycles. The second kappa shape index (κ2) is 6.19. The molecule has 0 saturated carbocycles. The van der Waals surface area contributed by atoms with Crippen LogP contribution in [0.1, 0.15) is 37.4 Å². The molecular formula is C14H17F4N. The van der Waals surface area contributed by atoms with Gasteiger partial charge in [0.15, 0.2) is 0 Å². The van der Waals surface area contributed by atoms with E-state index in [1.807, 2.05) is 6.92 Å². The van der Waals surface area contributed by atoms with Gasteiger partial charge in [0.25, 0.3) is 0 Å². The number of halogens is 4. The van der Waals surface area contributed by atoms with Gasteiger partial charge in [0.2, 0.25) is 0 Å². The van der Waals surface area contributed by atoms with E-state index in [-0.39, 0.29) is 6.04 Å². The Kier molecular flexibility index (Phi) is 5.11. The Labute approximate surface area is 110 Å². The molecule has 1 rings (SSSR count). The van der Waals surface area contributed by atoms with Gasteiger partial charge in [-0.15, -0.1) is 6.58 Å². The van der Waals surface area contributed by atoms with Crippen LogP contribution in [0.25, 0.3) is 0 Å². The van der Waals surface area contributed by atoms with Crippen LogP contribution >= 0.6 is 0 Å². The molecule has 0 spiro atoms. The van der Waals surface area contributed by atoms with Gasteiger partial charge in [0, 0.05) is 6.04 Å². The van der Waals surface area contributed by atoms with E-state index in [1.165, 1.54) is 6.07 Å². The molecule has 106 valence electrons. The molecule has 1 aromatic rings. The first kappa shape index (κ1) is 15.7. The van der Waals surface area contributed by atoms with E-state index in [9.17, 15) is 17.6 Å². The number of nitrogens with one attached hydrogen (secondary N) is 1. The molecule has 0 amide bonds. The second-order valence-corrected chi connectivity index (χ2v) is 4.51. The lowest BCUT2D eigenvalue weighted by atomic mass is 9.98. The lowest BCUT2D eigenvalue weighted by molar-refractivity contribution is -0.140. The van der Waals surface area contributed by atoms with Crippen molar-refractivity contribution in [3.63, 3.8) is 0 Å². The van der Waals surface area contributed by atoms with E-state index in [2.05, 4.69) is 11.9 Å². The van der Waals surface area contributed by atoms with Crippen LogP contribution in [0.5, 0.6) is 0 Å². The minimum absolute atomic E-state index is 0.288. The fraction of sp³-hybridized carbons (Fsp3) is 0.429. The summed E-state index contributed by atoms with van der Waals surface area (Å²) < 4.78 is 51.2. The Balaban J connectivity index is 3.14. The Morgan fingerprint density at radius 2 is 2.00 bits per heavy atom. The topological polar surface area (TPSA) is 12.0 Å². The van der Waals surface area contributed by atoms with E-state index >= 15 is 0 Å². The minimum atomic E-state index is -4.68. The SMILES string of the molecule is C=C(C)CC(NCC)c1ccc(F)c(C(F)(F)F)c1. The molecule has 5 heteroatoms. The van der Waals surface area contributed by atoms with Crippen LogP contribution < -0.4 is 5.32 Å². The van der Waals surface area contributed by atoms with E-state index < -0.39 is 17.6 Å². The van der Waals surface area contributed by atoms with Crippen LogP contribution in [0.3, 0.4) is 0 Å². The zero-order valence-electron chi connectivity index (χ0n) is 10.9. The first-order valence-corrected chi connectivity index (χ1v) is 6.00. The number of hydrogen-bond donors (Lipinski definition) is 1.